The Balaban J connectivity index is 0.000000344. The van der Waals surface area contributed by atoms with Crippen molar-refractivity contribution in [3.63, 3.8) is 0 Å². The van der Waals surface area contributed by atoms with Crippen LogP contribution in [0.25, 0.3) is 0 Å². The van der Waals surface area contributed by atoms with E-state index in [1.165, 1.54) is 24.2 Å². The SMILES string of the molecule is CCCCn1cc[n+](C)c1.CCOP([O-])(=S)SCC. The Morgan fingerprint density at radius 2 is 2.11 bits per heavy atom. The Bertz CT molecular complexity index is 376. The number of unbranched alkanes of at least 4 members (excludes halogenated alkanes) is 1. The number of nitrogens with zero attached hydrogens (tertiary/aromatic N) is 2. The number of hydrogen-bond donors (Lipinski definition) is 0. The molecule has 112 valence electrons. The lowest BCUT2D eigenvalue weighted by atomic mass is 10.3. The van der Waals surface area contributed by atoms with Crippen molar-refractivity contribution < 1.29 is 14.0 Å². The van der Waals surface area contributed by atoms with Gasteiger partial charge in [-0.2, -0.15) is 0 Å². The summed E-state index contributed by atoms with van der Waals surface area (Å²) < 4.78 is 9.08. The third-order valence-corrected chi connectivity index (χ3v) is 6.62. The predicted molar refractivity (Wildman–Crippen MR) is 84.6 cm³/mol. The van der Waals surface area contributed by atoms with Gasteiger partial charge in [0.2, 0.25) is 6.33 Å². The van der Waals surface area contributed by atoms with Gasteiger partial charge in [0.1, 0.15) is 12.4 Å². The molecule has 0 N–H and O–H groups in total. The maximum atomic E-state index is 11.0. The average molecular weight is 324 g/mol. The van der Waals surface area contributed by atoms with Gasteiger partial charge in [-0.15, -0.1) is 11.4 Å². The summed E-state index contributed by atoms with van der Waals surface area (Å²) in [4.78, 5) is 11.0. The van der Waals surface area contributed by atoms with E-state index in [-0.39, 0.29) is 0 Å². The molecule has 1 rings (SSSR count). The van der Waals surface area contributed by atoms with Crippen LogP contribution >= 0.6 is 17.1 Å². The Morgan fingerprint density at radius 1 is 1.42 bits per heavy atom. The third kappa shape index (κ3) is 10.6. The van der Waals surface area contributed by atoms with Gasteiger partial charge < -0.3 is 9.42 Å². The zero-order chi connectivity index (χ0) is 14.7. The molecule has 1 atom stereocenters. The van der Waals surface area contributed by atoms with E-state index in [0.29, 0.717) is 6.61 Å². The molecule has 0 amide bonds. The maximum absolute atomic E-state index is 11.0. The van der Waals surface area contributed by atoms with Crippen LogP contribution in [0.3, 0.4) is 0 Å². The standard InChI is InChI=1S/C8H15N2.C4H11O2PS2/c1-3-4-5-10-7-6-9(2)8-10;1-3-6-7(5,8)9-4-2/h6-8H,3-5H2,1-2H3;3-4H2,1-2H3,(H,5,8)/q+1;/p-1. The molecule has 7 heteroatoms. The summed E-state index contributed by atoms with van der Waals surface area (Å²) in [6, 6.07) is 0. The monoisotopic (exact) mass is 324 g/mol. The molecule has 1 aromatic heterocycles. The van der Waals surface area contributed by atoms with Crippen molar-refractivity contribution in [3.05, 3.63) is 18.7 Å². The second-order valence-electron chi connectivity index (χ2n) is 3.95. The lowest BCUT2D eigenvalue weighted by Crippen LogP contribution is -2.23. The fourth-order valence-corrected chi connectivity index (χ4v) is 4.79. The first-order valence-corrected chi connectivity index (χ1v) is 10.8. The summed E-state index contributed by atoms with van der Waals surface area (Å²) >= 11 is 5.84. The molecule has 4 nitrogen and oxygen atoms in total. The second-order valence-corrected chi connectivity index (χ2v) is 10.3. The minimum atomic E-state index is -2.69. The first kappa shape index (κ1) is 19.1. The molecule has 0 aliphatic carbocycles. The van der Waals surface area contributed by atoms with Crippen molar-refractivity contribution in [2.45, 2.75) is 40.2 Å². The largest absolute Gasteiger partial charge is 0.793 e. The lowest BCUT2D eigenvalue weighted by Gasteiger charge is -2.25. The maximum Gasteiger partial charge on any atom is 0.243 e. The number of imidazole rings is 1. The molecule has 1 aromatic rings. The van der Waals surface area contributed by atoms with Crippen molar-refractivity contribution in [2.75, 3.05) is 12.4 Å². The number of aromatic nitrogens is 2. The highest BCUT2D eigenvalue weighted by atomic mass is 32.9. The first-order valence-electron chi connectivity index (χ1n) is 6.56. The highest BCUT2D eigenvalue weighted by Gasteiger charge is 1.98. The Hall–Kier alpha value is 0.130. The molecule has 0 fully saturated rings. The van der Waals surface area contributed by atoms with Crippen LogP contribution in [0.2, 0.25) is 0 Å². The van der Waals surface area contributed by atoms with E-state index in [1.807, 2.05) is 14.0 Å². The van der Waals surface area contributed by atoms with Crippen LogP contribution in [0.4, 0.5) is 0 Å². The molecule has 0 aromatic carbocycles. The summed E-state index contributed by atoms with van der Waals surface area (Å²) in [7, 11) is 2.04. The average Bonchev–Trinajstić information content (AvgIpc) is 2.73. The van der Waals surface area contributed by atoms with Crippen LogP contribution in [0.1, 0.15) is 33.6 Å². The fraction of sp³-hybridized carbons (Fsp3) is 0.750. The van der Waals surface area contributed by atoms with E-state index in [1.54, 1.807) is 6.92 Å². The fourth-order valence-electron chi connectivity index (χ4n) is 1.33. The van der Waals surface area contributed by atoms with E-state index in [0.717, 1.165) is 12.3 Å². The zero-order valence-corrected chi connectivity index (χ0v) is 14.8. The topological polar surface area (TPSA) is 41.1 Å². The highest BCUT2D eigenvalue weighted by Crippen LogP contribution is 2.51. The molecule has 0 saturated heterocycles. The summed E-state index contributed by atoms with van der Waals surface area (Å²) in [6.07, 6.45) is 8.82. The summed E-state index contributed by atoms with van der Waals surface area (Å²) in [6.45, 7) is 7.49. The summed E-state index contributed by atoms with van der Waals surface area (Å²) in [5.74, 6) is 0.751. The first-order chi connectivity index (χ1) is 8.95. The number of rotatable bonds is 7. The predicted octanol–water partition coefficient (Wildman–Crippen LogP) is 2.47. The Labute approximate surface area is 126 Å². The smallest absolute Gasteiger partial charge is 0.243 e. The lowest BCUT2D eigenvalue weighted by molar-refractivity contribution is -0.671. The van der Waals surface area contributed by atoms with Gasteiger partial charge in [0.15, 0.2) is 0 Å². The molecule has 0 aliphatic heterocycles. The van der Waals surface area contributed by atoms with Gasteiger partial charge in [-0.3, -0.25) is 0 Å². The highest BCUT2D eigenvalue weighted by molar-refractivity contribution is 8.67. The van der Waals surface area contributed by atoms with Gasteiger partial charge in [-0.05, 0) is 19.1 Å². The van der Waals surface area contributed by atoms with Crippen molar-refractivity contribution in [2.24, 2.45) is 7.05 Å². The van der Waals surface area contributed by atoms with Crippen molar-refractivity contribution in [3.8, 4) is 0 Å². The Kier molecular flexibility index (Phi) is 10.9. The van der Waals surface area contributed by atoms with Gasteiger partial charge in [0, 0.05) is 12.3 Å². The minimum Gasteiger partial charge on any atom is -0.793 e. The quantitative estimate of drug-likeness (QED) is 0.571. The normalized spacial score (nSPS) is 13.5. The third-order valence-electron chi connectivity index (χ3n) is 2.17. The van der Waals surface area contributed by atoms with Crippen LogP contribution in [0, 0.1) is 0 Å². The molecule has 0 radical (unpaired) electrons. The minimum absolute atomic E-state index is 0.438. The summed E-state index contributed by atoms with van der Waals surface area (Å²) in [5, 5.41) is 0. The zero-order valence-electron chi connectivity index (χ0n) is 12.2. The molecule has 1 unspecified atom stereocenters. The van der Waals surface area contributed by atoms with Crippen LogP contribution in [0.5, 0.6) is 0 Å². The summed E-state index contributed by atoms with van der Waals surface area (Å²) in [5.41, 5.74) is -2.69. The van der Waals surface area contributed by atoms with Gasteiger partial charge in [-0.1, -0.05) is 32.1 Å². The van der Waals surface area contributed by atoms with Crippen LogP contribution in [0.15, 0.2) is 18.7 Å². The van der Waals surface area contributed by atoms with E-state index < -0.39 is 5.69 Å². The molecule has 19 heavy (non-hydrogen) atoms. The van der Waals surface area contributed by atoms with Gasteiger partial charge in [-0.25, -0.2) is 9.13 Å². The van der Waals surface area contributed by atoms with E-state index in [2.05, 4.69) is 46.6 Å². The van der Waals surface area contributed by atoms with Crippen LogP contribution < -0.4 is 9.46 Å². The van der Waals surface area contributed by atoms with E-state index in [9.17, 15) is 4.89 Å². The van der Waals surface area contributed by atoms with E-state index >= 15 is 0 Å². The molecule has 0 bridgehead atoms. The molecule has 0 saturated carbocycles. The van der Waals surface area contributed by atoms with Crippen molar-refractivity contribution in [1.82, 2.24) is 4.57 Å². The van der Waals surface area contributed by atoms with Crippen molar-refractivity contribution in [1.29, 1.82) is 0 Å². The number of hydrogen-bond acceptors (Lipinski definition) is 4. The molecule has 0 aliphatic rings. The van der Waals surface area contributed by atoms with Gasteiger partial charge >= 0.3 is 0 Å². The van der Waals surface area contributed by atoms with Crippen LogP contribution in [-0.4, -0.2) is 16.9 Å². The van der Waals surface area contributed by atoms with Gasteiger partial charge in [0.25, 0.3) is 0 Å². The molecule has 0 spiro atoms. The van der Waals surface area contributed by atoms with E-state index in [4.69, 9.17) is 4.52 Å². The van der Waals surface area contributed by atoms with Gasteiger partial charge in [0.05, 0.1) is 13.6 Å². The molecular weight excluding hydrogens is 299 g/mol. The van der Waals surface area contributed by atoms with Crippen molar-refractivity contribution >= 4 is 28.9 Å². The Morgan fingerprint density at radius 3 is 2.53 bits per heavy atom. The van der Waals surface area contributed by atoms with Crippen LogP contribution in [-0.2, 0) is 29.9 Å². The number of aryl methyl sites for hydroxylation is 2. The molecular formula is C12H25N2O2PS2. The second kappa shape index (κ2) is 10.9. The molecule has 1 heterocycles.